The highest BCUT2D eigenvalue weighted by atomic mass is 15.1. The largest absolute Gasteiger partial charge is 0.310 e. The molecular weight excluding hydrogens is 568 g/mol. The second-order valence-electron chi connectivity index (χ2n) is 11.1. The van der Waals surface area contributed by atoms with Gasteiger partial charge in [0.25, 0.3) is 0 Å². The second-order valence-corrected chi connectivity index (χ2v) is 11.1. The van der Waals surface area contributed by atoms with E-state index in [2.05, 4.69) is 43.2 Å². The van der Waals surface area contributed by atoms with E-state index < -0.39 is 0 Å². The van der Waals surface area contributed by atoms with Crippen LogP contribution in [0.2, 0.25) is 0 Å². The molecule has 0 N–H and O–H groups in total. The Morgan fingerprint density at radius 2 is 1.11 bits per heavy atom. The number of aryl methyl sites for hydroxylation is 2. The standard InChI is InChI=1S/C38H22N8/c1-22-42-23(2)44-38(43-22)37-35(45-31-10-6-4-8-27(31)29-14-12-24(20-39)16-33(29)45)17-25(21-40)18-36(37)46-32-11-7-5-9-28(32)30-15-13-26(41-3)19-34(30)46/h4-19H,1-2H3. The normalized spacial score (nSPS) is 11.2. The Balaban J connectivity index is 1.63. The number of hydrogen-bond donors (Lipinski definition) is 0. The second kappa shape index (κ2) is 10.1. The van der Waals surface area contributed by atoms with Crippen molar-refractivity contribution < 1.29 is 0 Å². The van der Waals surface area contributed by atoms with Crippen LogP contribution in [0.5, 0.6) is 0 Å². The fourth-order valence-electron chi connectivity index (χ4n) is 6.57. The lowest BCUT2D eigenvalue weighted by atomic mass is 10.0. The molecule has 0 aliphatic heterocycles. The summed E-state index contributed by atoms with van der Waals surface area (Å²) in [5.74, 6) is 1.58. The van der Waals surface area contributed by atoms with Crippen molar-refractivity contribution in [2.24, 2.45) is 0 Å². The zero-order valence-corrected chi connectivity index (χ0v) is 24.8. The molecule has 3 aromatic heterocycles. The fraction of sp³-hybridized carbons (Fsp3) is 0.0526. The van der Waals surface area contributed by atoms with Crippen LogP contribution >= 0.6 is 0 Å². The highest BCUT2D eigenvalue weighted by Crippen LogP contribution is 2.42. The minimum atomic E-state index is 0.436. The Labute approximate surface area is 263 Å². The molecule has 0 saturated heterocycles. The van der Waals surface area contributed by atoms with Crippen molar-refractivity contribution >= 4 is 49.3 Å². The first kappa shape index (κ1) is 26.8. The number of hydrogen-bond acceptors (Lipinski definition) is 5. The lowest BCUT2D eigenvalue weighted by Crippen LogP contribution is -2.08. The van der Waals surface area contributed by atoms with Crippen molar-refractivity contribution in [3.8, 4) is 34.9 Å². The summed E-state index contributed by atoms with van der Waals surface area (Å²) in [6.45, 7) is 11.4. The third-order valence-corrected chi connectivity index (χ3v) is 8.38. The molecule has 0 aliphatic carbocycles. The topological polar surface area (TPSA) is 100 Å². The third-order valence-electron chi connectivity index (χ3n) is 8.38. The van der Waals surface area contributed by atoms with Crippen molar-refractivity contribution in [1.82, 2.24) is 24.1 Å². The first-order chi connectivity index (χ1) is 22.5. The quantitative estimate of drug-likeness (QED) is 0.192. The van der Waals surface area contributed by atoms with Crippen LogP contribution in [0.4, 0.5) is 5.69 Å². The van der Waals surface area contributed by atoms with Gasteiger partial charge in [-0.1, -0.05) is 54.6 Å². The Morgan fingerprint density at radius 1 is 0.587 bits per heavy atom. The maximum atomic E-state index is 10.5. The molecule has 0 aliphatic rings. The van der Waals surface area contributed by atoms with E-state index in [0.29, 0.717) is 51.2 Å². The Kier molecular flexibility index (Phi) is 5.90. The van der Waals surface area contributed by atoms with Gasteiger partial charge in [-0.25, -0.2) is 19.8 Å². The Hall–Kier alpha value is -6.82. The molecule has 0 fully saturated rings. The molecule has 0 unspecified atom stereocenters. The summed E-state index contributed by atoms with van der Waals surface area (Å²) in [6, 6.07) is 35.9. The molecule has 8 nitrogen and oxygen atoms in total. The van der Waals surface area contributed by atoms with Crippen LogP contribution in [-0.4, -0.2) is 24.1 Å². The number of aromatic nitrogens is 5. The summed E-state index contributed by atoms with van der Waals surface area (Å²) in [5.41, 5.74) is 7.01. The van der Waals surface area contributed by atoms with Crippen LogP contribution in [0.3, 0.4) is 0 Å². The highest BCUT2D eigenvalue weighted by Gasteiger charge is 2.25. The molecule has 0 spiro atoms. The van der Waals surface area contributed by atoms with Gasteiger partial charge in [0.05, 0.1) is 63.3 Å². The van der Waals surface area contributed by atoms with Crippen LogP contribution in [0.1, 0.15) is 22.8 Å². The molecule has 214 valence electrons. The zero-order chi connectivity index (χ0) is 31.5. The van der Waals surface area contributed by atoms with Gasteiger partial charge in [0.1, 0.15) is 11.6 Å². The van der Waals surface area contributed by atoms with Gasteiger partial charge in [-0.3, -0.25) is 0 Å². The maximum Gasteiger partial charge on any atom is 0.189 e. The summed E-state index contributed by atoms with van der Waals surface area (Å²) >= 11 is 0. The van der Waals surface area contributed by atoms with E-state index in [1.165, 1.54) is 0 Å². The first-order valence-electron chi connectivity index (χ1n) is 14.6. The average Bonchev–Trinajstić information content (AvgIpc) is 3.59. The summed E-state index contributed by atoms with van der Waals surface area (Å²) < 4.78 is 4.19. The predicted octanol–water partition coefficient (Wildman–Crippen LogP) is 8.64. The number of nitriles is 2. The predicted molar refractivity (Wildman–Crippen MR) is 179 cm³/mol. The van der Waals surface area contributed by atoms with E-state index >= 15 is 0 Å². The maximum absolute atomic E-state index is 10.5. The minimum Gasteiger partial charge on any atom is -0.310 e. The van der Waals surface area contributed by atoms with Crippen LogP contribution in [0.25, 0.3) is 71.2 Å². The Morgan fingerprint density at radius 3 is 1.67 bits per heavy atom. The summed E-state index contributed by atoms with van der Waals surface area (Å²) in [6.07, 6.45) is 0. The van der Waals surface area contributed by atoms with Crippen LogP contribution in [-0.2, 0) is 0 Å². The number of fused-ring (bicyclic) bond motifs is 6. The molecule has 8 heteroatoms. The van der Waals surface area contributed by atoms with E-state index in [-0.39, 0.29) is 0 Å². The molecule has 8 aromatic rings. The van der Waals surface area contributed by atoms with Gasteiger partial charge in [0.2, 0.25) is 0 Å². The summed E-state index contributed by atoms with van der Waals surface area (Å²) in [5, 5.41) is 24.3. The number of para-hydroxylation sites is 2. The van der Waals surface area contributed by atoms with E-state index in [4.69, 9.17) is 16.5 Å². The van der Waals surface area contributed by atoms with Crippen molar-refractivity contribution in [2.45, 2.75) is 13.8 Å². The van der Waals surface area contributed by atoms with Crippen molar-refractivity contribution in [3.63, 3.8) is 0 Å². The van der Waals surface area contributed by atoms with Crippen LogP contribution in [0, 0.1) is 43.1 Å². The minimum absolute atomic E-state index is 0.436. The highest BCUT2D eigenvalue weighted by molar-refractivity contribution is 6.12. The number of benzene rings is 5. The molecular formula is C38H22N8. The molecule has 0 radical (unpaired) electrons. The molecule has 8 rings (SSSR count). The van der Waals surface area contributed by atoms with Crippen molar-refractivity contribution in [1.29, 1.82) is 10.5 Å². The summed E-state index contributed by atoms with van der Waals surface area (Å²) in [4.78, 5) is 17.9. The molecule has 0 saturated carbocycles. The Bertz CT molecular complexity index is 2530. The molecule has 5 aromatic carbocycles. The van der Waals surface area contributed by atoms with Crippen LogP contribution < -0.4 is 0 Å². The van der Waals surface area contributed by atoms with E-state index in [1.807, 2.05) is 98.8 Å². The van der Waals surface area contributed by atoms with E-state index in [0.717, 1.165) is 43.6 Å². The first-order valence-corrected chi connectivity index (χ1v) is 14.6. The van der Waals surface area contributed by atoms with Gasteiger partial charge in [0.15, 0.2) is 11.5 Å². The monoisotopic (exact) mass is 590 g/mol. The zero-order valence-electron chi connectivity index (χ0n) is 24.8. The molecule has 0 bridgehead atoms. The van der Waals surface area contributed by atoms with E-state index in [1.54, 1.807) is 0 Å². The van der Waals surface area contributed by atoms with Gasteiger partial charge in [-0.15, -0.1) is 0 Å². The lowest BCUT2D eigenvalue weighted by Gasteiger charge is -2.20. The van der Waals surface area contributed by atoms with Crippen molar-refractivity contribution in [2.75, 3.05) is 0 Å². The molecule has 0 amide bonds. The van der Waals surface area contributed by atoms with E-state index in [9.17, 15) is 10.5 Å². The average molecular weight is 591 g/mol. The van der Waals surface area contributed by atoms with Gasteiger partial charge in [-0.05, 0) is 56.3 Å². The third kappa shape index (κ3) is 3.94. The lowest BCUT2D eigenvalue weighted by molar-refractivity contribution is 0.924. The summed E-state index contributed by atoms with van der Waals surface area (Å²) in [7, 11) is 0. The van der Waals surface area contributed by atoms with Gasteiger partial charge in [0, 0.05) is 27.1 Å². The smallest absolute Gasteiger partial charge is 0.189 e. The molecule has 0 atom stereocenters. The van der Waals surface area contributed by atoms with Gasteiger partial charge >= 0.3 is 0 Å². The number of rotatable bonds is 3. The van der Waals surface area contributed by atoms with Gasteiger partial charge in [-0.2, -0.15) is 10.5 Å². The van der Waals surface area contributed by atoms with Crippen molar-refractivity contribution in [3.05, 3.63) is 131 Å². The number of nitrogens with zero attached hydrogens (tertiary/aromatic N) is 8. The SMILES string of the molecule is [C-]#[N+]c1ccc2c3ccccc3n(-c3cc(C#N)cc(-n4c5ccccc5c5ccc(C#N)cc54)c3-c3nc(C)nc(C)n3)c2c1. The molecule has 3 heterocycles. The van der Waals surface area contributed by atoms with Crippen LogP contribution in [0.15, 0.2) is 97.1 Å². The molecule has 46 heavy (non-hydrogen) atoms. The van der Waals surface area contributed by atoms with Gasteiger partial charge < -0.3 is 9.13 Å². The fourth-order valence-corrected chi connectivity index (χ4v) is 6.57.